The van der Waals surface area contributed by atoms with Crippen LogP contribution in [0.1, 0.15) is 42.5 Å². The fourth-order valence-electron chi connectivity index (χ4n) is 1.56. The maximum Gasteiger partial charge on any atom is 0.127 e. The second-order valence-electron chi connectivity index (χ2n) is 3.96. The first-order valence-corrected chi connectivity index (χ1v) is 6.35. The van der Waals surface area contributed by atoms with Gasteiger partial charge in [0.15, 0.2) is 0 Å². The first-order chi connectivity index (χ1) is 7.09. The van der Waals surface area contributed by atoms with Crippen LogP contribution in [-0.4, -0.2) is 9.97 Å². The highest BCUT2D eigenvalue weighted by Crippen LogP contribution is 2.33. The van der Waals surface area contributed by atoms with Crippen LogP contribution in [0.2, 0.25) is 0 Å². The van der Waals surface area contributed by atoms with Crippen molar-refractivity contribution in [1.82, 2.24) is 9.97 Å². The molecule has 0 fully saturated rings. The number of aromatic nitrogens is 2. The van der Waals surface area contributed by atoms with E-state index in [1.807, 2.05) is 0 Å². The molecule has 0 aliphatic heterocycles. The Morgan fingerprint density at radius 2 is 2.00 bits per heavy atom. The summed E-state index contributed by atoms with van der Waals surface area (Å²) in [6, 6.07) is 2.17. The summed E-state index contributed by atoms with van der Waals surface area (Å²) in [6.45, 7) is 6.39. The van der Waals surface area contributed by atoms with Crippen LogP contribution in [0.4, 0.5) is 0 Å². The monoisotopic (exact) mass is 238 g/mol. The lowest BCUT2D eigenvalue weighted by atomic mass is 10.1. The second kappa shape index (κ2) is 4.10. The minimum atomic E-state index is 0.268. The SMILES string of the molecule is CC(C)c1ncnc2sc(C(C)S)cc12. The van der Waals surface area contributed by atoms with Gasteiger partial charge in [-0.1, -0.05) is 13.8 Å². The van der Waals surface area contributed by atoms with E-state index >= 15 is 0 Å². The number of rotatable bonds is 2. The number of fused-ring (bicyclic) bond motifs is 1. The molecule has 2 aromatic rings. The van der Waals surface area contributed by atoms with Gasteiger partial charge in [-0.05, 0) is 18.9 Å². The molecule has 0 saturated carbocycles. The van der Waals surface area contributed by atoms with Crippen LogP contribution in [0.3, 0.4) is 0 Å². The Morgan fingerprint density at radius 1 is 1.27 bits per heavy atom. The summed E-state index contributed by atoms with van der Waals surface area (Å²) in [6.07, 6.45) is 1.65. The quantitative estimate of drug-likeness (QED) is 0.805. The van der Waals surface area contributed by atoms with Crippen molar-refractivity contribution in [3.63, 3.8) is 0 Å². The molecule has 0 aliphatic carbocycles. The highest BCUT2D eigenvalue weighted by atomic mass is 32.1. The second-order valence-corrected chi connectivity index (χ2v) is 5.79. The van der Waals surface area contributed by atoms with E-state index in [-0.39, 0.29) is 5.25 Å². The number of thiol groups is 1. The van der Waals surface area contributed by atoms with Crippen molar-refractivity contribution in [3.05, 3.63) is 23.0 Å². The third-order valence-corrected chi connectivity index (χ3v) is 4.02. The van der Waals surface area contributed by atoms with Gasteiger partial charge in [-0.3, -0.25) is 0 Å². The zero-order chi connectivity index (χ0) is 11.0. The molecule has 4 heteroatoms. The molecular formula is C11H14N2S2. The van der Waals surface area contributed by atoms with Crippen LogP contribution in [0.5, 0.6) is 0 Å². The summed E-state index contributed by atoms with van der Waals surface area (Å²) in [5, 5.41) is 1.46. The molecule has 0 aliphatic rings. The maximum absolute atomic E-state index is 4.45. The Kier molecular flexibility index (Phi) is 2.98. The molecule has 80 valence electrons. The molecule has 1 atom stereocenters. The third-order valence-electron chi connectivity index (χ3n) is 2.34. The van der Waals surface area contributed by atoms with Crippen molar-refractivity contribution in [2.75, 3.05) is 0 Å². The van der Waals surface area contributed by atoms with E-state index < -0.39 is 0 Å². The lowest BCUT2D eigenvalue weighted by Gasteiger charge is -2.03. The Hall–Kier alpha value is -0.610. The van der Waals surface area contributed by atoms with Gasteiger partial charge in [0.2, 0.25) is 0 Å². The van der Waals surface area contributed by atoms with E-state index in [4.69, 9.17) is 0 Å². The topological polar surface area (TPSA) is 25.8 Å². The third kappa shape index (κ3) is 2.01. The Balaban J connectivity index is 2.64. The lowest BCUT2D eigenvalue weighted by Crippen LogP contribution is -1.93. The standard InChI is InChI=1S/C11H14N2S2/c1-6(2)10-8-4-9(7(3)14)15-11(8)13-5-12-10/h4-7,14H,1-3H3. The van der Waals surface area contributed by atoms with Crippen LogP contribution < -0.4 is 0 Å². The highest BCUT2D eigenvalue weighted by molar-refractivity contribution is 7.80. The lowest BCUT2D eigenvalue weighted by molar-refractivity contribution is 0.829. The molecule has 0 spiro atoms. The fraction of sp³-hybridized carbons (Fsp3) is 0.455. The molecule has 2 aromatic heterocycles. The minimum absolute atomic E-state index is 0.268. The van der Waals surface area contributed by atoms with Crippen molar-refractivity contribution in [1.29, 1.82) is 0 Å². The molecule has 2 rings (SSSR count). The van der Waals surface area contributed by atoms with Gasteiger partial charge >= 0.3 is 0 Å². The average Bonchev–Trinajstić information content (AvgIpc) is 2.60. The number of hydrogen-bond acceptors (Lipinski definition) is 4. The fourth-order valence-corrected chi connectivity index (χ4v) is 2.74. The average molecular weight is 238 g/mol. The summed E-state index contributed by atoms with van der Waals surface area (Å²) in [5.41, 5.74) is 1.14. The van der Waals surface area contributed by atoms with Crippen LogP contribution >= 0.6 is 24.0 Å². The van der Waals surface area contributed by atoms with Crippen LogP contribution in [0, 0.1) is 0 Å². The molecule has 0 saturated heterocycles. The largest absolute Gasteiger partial charge is 0.240 e. The summed E-state index contributed by atoms with van der Waals surface area (Å²) >= 11 is 6.16. The van der Waals surface area contributed by atoms with Crippen molar-refractivity contribution < 1.29 is 0 Å². The summed E-state index contributed by atoms with van der Waals surface area (Å²) in [5.74, 6) is 0.438. The molecule has 0 radical (unpaired) electrons. The zero-order valence-electron chi connectivity index (χ0n) is 9.06. The first-order valence-electron chi connectivity index (χ1n) is 5.02. The normalized spacial score (nSPS) is 13.7. The van der Waals surface area contributed by atoms with E-state index in [9.17, 15) is 0 Å². The van der Waals surface area contributed by atoms with E-state index in [1.165, 1.54) is 10.3 Å². The van der Waals surface area contributed by atoms with Gasteiger partial charge in [-0.2, -0.15) is 12.6 Å². The molecular weight excluding hydrogens is 224 g/mol. The van der Waals surface area contributed by atoms with Gasteiger partial charge in [0.1, 0.15) is 11.2 Å². The number of nitrogens with zero attached hydrogens (tertiary/aromatic N) is 2. The van der Waals surface area contributed by atoms with Gasteiger partial charge in [-0.15, -0.1) is 11.3 Å². The smallest absolute Gasteiger partial charge is 0.127 e. The predicted octanol–water partition coefficient (Wildman–Crippen LogP) is 3.81. The molecule has 15 heavy (non-hydrogen) atoms. The zero-order valence-corrected chi connectivity index (χ0v) is 10.8. The van der Waals surface area contributed by atoms with Gasteiger partial charge in [0.25, 0.3) is 0 Å². The summed E-state index contributed by atoms with van der Waals surface area (Å²) < 4.78 is 0. The summed E-state index contributed by atoms with van der Waals surface area (Å²) in [4.78, 5) is 11.0. The van der Waals surface area contributed by atoms with Gasteiger partial charge in [0, 0.05) is 15.5 Å². The van der Waals surface area contributed by atoms with E-state index in [0.29, 0.717) is 5.92 Å². The Morgan fingerprint density at radius 3 is 2.60 bits per heavy atom. The highest BCUT2D eigenvalue weighted by Gasteiger charge is 2.12. The van der Waals surface area contributed by atoms with Crippen LogP contribution in [0.15, 0.2) is 12.4 Å². The first kappa shape index (κ1) is 10.9. The molecule has 0 bridgehead atoms. The molecule has 2 nitrogen and oxygen atoms in total. The van der Waals surface area contributed by atoms with Crippen molar-refractivity contribution in [2.45, 2.75) is 31.9 Å². The number of hydrogen-bond donors (Lipinski definition) is 1. The van der Waals surface area contributed by atoms with Crippen molar-refractivity contribution in [2.24, 2.45) is 0 Å². The van der Waals surface area contributed by atoms with Gasteiger partial charge in [-0.25, -0.2) is 9.97 Å². The predicted molar refractivity (Wildman–Crippen MR) is 68.9 cm³/mol. The van der Waals surface area contributed by atoms with Crippen molar-refractivity contribution >= 4 is 34.2 Å². The van der Waals surface area contributed by atoms with Crippen molar-refractivity contribution in [3.8, 4) is 0 Å². The van der Waals surface area contributed by atoms with E-state index in [0.717, 1.165) is 10.5 Å². The Labute approximate surface area is 99.2 Å². The molecule has 1 unspecified atom stereocenters. The molecule has 2 heterocycles. The number of thiophene rings is 1. The molecule has 0 amide bonds. The van der Waals surface area contributed by atoms with E-state index in [1.54, 1.807) is 17.7 Å². The van der Waals surface area contributed by atoms with Crippen LogP contribution in [0.25, 0.3) is 10.2 Å². The molecule has 0 aromatic carbocycles. The molecule has 0 N–H and O–H groups in total. The van der Waals surface area contributed by atoms with Gasteiger partial charge in [0.05, 0.1) is 5.69 Å². The minimum Gasteiger partial charge on any atom is -0.240 e. The van der Waals surface area contributed by atoms with E-state index in [2.05, 4.69) is 49.4 Å². The Bertz CT molecular complexity index is 474. The summed E-state index contributed by atoms with van der Waals surface area (Å²) in [7, 11) is 0. The van der Waals surface area contributed by atoms with Gasteiger partial charge < -0.3 is 0 Å². The maximum atomic E-state index is 4.45. The van der Waals surface area contributed by atoms with Crippen LogP contribution in [-0.2, 0) is 0 Å².